The molecular weight excluding hydrogens is 415 g/mol. The van der Waals surface area contributed by atoms with E-state index < -0.39 is 15.8 Å². The van der Waals surface area contributed by atoms with Gasteiger partial charge in [0, 0.05) is 8.95 Å². The second kappa shape index (κ2) is 5.71. The van der Waals surface area contributed by atoms with E-state index in [1.165, 1.54) is 0 Å². The highest BCUT2D eigenvalue weighted by Crippen LogP contribution is 2.29. The van der Waals surface area contributed by atoms with Crippen molar-refractivity contribution in [2.45, 2.75) is 4.90 Å². The molecule has 8 heteroatoms. The first-order valence-electron chi connectivity index (χ1n) is 5.32. The monoisotopic (exact) mass is 422 g/mol. The van der Waals surface area contributed by atoms with Crippen molar-refractivity contribution >= 4 is 53.3 Å². The maximum Gasteiger partial charge on any atom is 0.263 e. The highest BCUT2D eigenvalue weighted by Gasteiger charge is 2.19. The Morgan fingerprint density at radius 2 is 1.80 bits per heavy atom. The van der Waals surface area contributed by atoms with Crippen LogP contribution in [0.5, 0.6) is 0 Å². The molecule has 0 atom stereocenters. The van der Waals surface area contributed by atoms with Crippen LogP contribution in [0.2, 0.25) is 0 Å². The van der Waals surface area contributed by atoms with E-state index in [-0.39, 0.29) is 10.6 Å². The Hall–Kier alpha value is -1.12. The summed E-state index contributed by atoms with van der Waals surface area (Å²) in [5.41, 5.74) is 5.76. The summed E-state index contributed by atoms with van der Waals surface area (Å²) in [6.07, 6.45) is 0. The van der Waals surface area contributed by atoms with Crippen LogP contribution in [0.4, 0.5) is 15.8 Å². The van der Waals surface area contributed by atoms with Crippen molar-refractivity contribution in [2.75, 3.05) is 10.5 Å². The number of nitrogens with one attached hydrogen (secondary N) is 1. The summed E-state index contributed by atoms with van der Waals surface area (Å²) in [7, 11) is -3.88. The number of anilines is 2. The minimum absolute atomic E-state index is 0.147. The number of benzene rings is 2. The van der Waals surface area contributed by atoms with Gasteiger partial charge in [-0.05, 0) is 52.3 Å². The van der Waals surface area contributed by atoms with E-state index in [9.17, 15) is 12.8 Å². The largest absolute Gasteiger partial charge is 0.398 e. The SMILES string of the molecule is Nc1cc(F)ccc1S(=O)(=O)Nc1ccc(Br)cc1Br. The summed E-state index contributed by atoms with van der Waals surface area (Å²) in [5.74, 6) is -0.591. The molecule has 0 bridgehead atoms. The fourth-order valence-corrected chi connectivity index (χ4v) is 4.01. The average molecular weight is 424 g/mol. The fourth-order valence-electron chi connectivity index (χ4n) is 1.54. The summed E-state index contributed by atoms with van der Waals surface area (Å²) in [5, 5.41) is 0. The Bertz CT molecular complexity index is 766. The number of nitrogens with two attached hydrogens (primary N) is 1. The second-order valence-corrected chi connectivity index (χ2v) is 7.33. The zero-order chi connectivity index (χ0) is 14.9. The average Bonchev–Trinajstić information content (AvgIpc) is 2.32. The van der Waals surface area contributed by atoms with Crippen LogP contribution in [-0.4, -0.2) is 8.42 Å². The zero-order valence-corrected chi connectivity index (χ0v) is 13.9. The van der Waals surface area contributed by atoms with Gasteiger partial charge in [0.05, 0.1) is 11.4 Å². The third-order valence-corrected chi connectivity index (χ3v) is 5.03. The third-order valence-electron chi connectivity index (χ3n) is 2.44. The Balaban J connectivity index is 2.41. The fraction of sp³-hybridized carbons (Fsp3) is 0. The molecule has 106 valence electrons. The van der Waals surface area contributed by atoms with Crippen LogP contribution < -0.4 is 10.5 Å². The quantitative estimate of drug-likeness (QED) is 0.738. The first kappa shape index (κ1) is 15.3. The molecule has 0 aliphatic rings. The van der Waals surface area contributed by atoms with Gasteiger partial charge in [-0.1, -0.05) is 15.9 Å². The summed E-state index contributed by atoms with van der Waals surface area (Å²) in [6, 6.07) is 8.11. The molecule has 0 aromatic heterocycles. The number of sulfonamides is 1. The molecule has 4 nitrogen and oxygen atoms in total. The van der Waals surface area contributed by atoms with Gasteiger partial charge in [0.15, 0.2) is 0 Å². The molecule has 3 N–H and O–H groups in total. The molecule has 0 fully saturated rings. The van der Waals surface area contributed by atoms with Crippen molar-refractivity contribution in [1.82, 2.24) is 0 Å². The molecule has 0 aliphatic heterocycles. The van der Waals surface area contributed by atoms with Crippen LogP contribution in [0.25, 0.3) is 0 Å². The van der Waals surface area contributed by atoms with Crippen LogP contribution in [0.3, 0.4) is 0 Å². The van der Waals surface area contributed by atoms with Gasteiger partial charge in [-0.3, -0.25) is 4.72 Å². The number of halogens is 3. The Morgan fingerprint density at radius 3 is 2.40 bits per heavy atom. The van der Waals surface area contributed by atoms with Gasteiger partial charge in [0.1, 0.15) is 10.7 Å². The maximum atomic E-state index is 13.0. The molecule has 0 unspecified atom stereocenters. The topological polar surface area (TPSA) is 72.2 Å². The van der Waals surface area contributed by atoms with Crippen LogP contribution in [0.1, 0.15) is 0 Å². The number of hydrogen-bond donors (Lipinski definition) is 2. The van der Waals surface area contributed by atoms with E-state index in [0.29, 0.717) is 10.2 Å². The molecule has 0 amide bonds. The minimum atomic E-state index is -3.88. The van der Waals surface area contributed by atoms with Gasteiger partial charge in [0.25, 0.3) is 10.0 Å². The zero-order valence-electron chi connectivity index (χ0n) is 9.90. The standard InChI is InChI=1S/C12H9Br2FN2O2S/c13-7-1-3-11(9(14)5-7)17-20(18,19)12-4-2-8(15)6-10(12)16/h1-6,17H,16H2. The van der Waals surface area contributed by atoms with Crippen LogP contribution in [-0.2, 0) is 10.0 Å². The number of rotatable bonds is 3. The van der Waals surface area contributed by atoms with Gasteiger partial charge in [0.2, 0.25) is 0 Å². The third kappa shape index (κ3) is 3.31. The van der Waals surface area contributed by atoms with Gasteiger partial charge < -0.3 is 5.73 Å². The van der Waals surface area contributed by atoms with Gasteiger partial charge in [-0.15, -0.1) is 0 Å². The van der Waals surface area contributed by atoms with Crippen molar-refractivity contribution in [2.24, 2.45) is 0 Å². The first-order valence-corrected chi connectivity index (χ1v) is 8.39. The molecule has 0 saturated carbocycles. The molecular formula is C12H9Br2FN2O2S. The Labute approximate surface area is 132 Å². The second-order valence-electron chi connectivity index (χ2n) is 3.91. The molecule has 0 spiro atoms. The summed E-state index contributed by atoms with van der Waals surface area (Å²) in [4.78, 5) is -0.172. The molecule has 20 heavy (non-hydrogen) atoms. The Kier molecular flexibility index (Phi) is 4.36. The lowest BCUT2D eigenvalue weighted by Gasteiger charge is -2.11. The summed E-state index contributed by atoms with van der Waals surface area (Å²) >= 11 is 6.53. The van der Waals surface area contributed by atoms with Crippen LogP contribution in [0.15, 0.2) is 50.2 Å². The lowest BCUT2D eigenvalue weighted by atomic mass is 10.3. The lowest BCUT2D eigenvalue weighted by molar-refractivity contribution is 0.600. The predicted octanol–water partition coefficient (Wildman–Crippen LogP) is 3.73. The molecule has 0 saturated heterocycles. The van der Waals surface area contributed by atoms with Crippen molar-refractivity contribution in [3.8, 4) is 0 Å². The number of nitrogen functional groups attached to an aromatic ring is 1. The highest BCUT2D eigenvalue weighted by atomic mass is 79.9. The minimum Gasteiger partial charge on any atom is -0.398 e. The molecule has 0 aliphatic carbocycles. The smallest absolute Gasteiger partial charge is 0.263 e. The molecule has 0 radical (unpaired) electrons. The van der Waals surface area contributed by atoms with E-state index in [2.05, 4.69) is 36.6 Å². The number of hydrogen-bond acceptors (Lipinski definition) is 3. The van der Waals surface area contributed by atoms with E-state index in [4.69, 9.17) is 5.73 Å². The van der Waals surface area contributed by atoms with Gasteiger partial charge >= 0.3 is 0 Å². The lowest BCUT2D eigenvalue weighted by Crippen LogP contribution is -2.15. The summed E-state index contributed by atoms with van der Waals surface area (Å²) in [6.45, 7) is 0. The van der Waals surface area contributed by atoms with E-state index in [0.717, 1.165) is 22.7 Å². The maximum absolute atomic E-state index is 13.0. The van der Waals surface area contributed by atoms with E-state index in [1.54, 1.807) is 18.2 Å². The first-order chi connectivity index (χ1) is 9.29. The van der Waals surface area contributed by atoms with Crippen molar-refractivity contribution in [3.63, 3.8) is 0 Å². The molecule has 2 rings (SSSR count). The highest BCUT2D eigenvalue weighted by molar-refractivity contribution is 9.11. The van der Waals surface area contributed by atoms with Crippen molar-refractivity contribution in [1.29, 1.82) is 0 Å². The Morgan fingerprint density at radius 1 is 1.10 bits per heavy atom. The predicted molar refractivity (Wildman–Crippen MR) is 83.5 cm³/mol. The van der Waals surface area contributed by atoms with Crippen LogP contribution >= 0.6 is 31.9 Å². The molecule has 2 aromatic carbocycles. The normalized spacial score (nSPS) is 11.3. The van der Waals surface area contributed by atoms with Gasteiger partial charge in [-0.25, -0.2) is 12.8 Å². The van der Waals surface area contributed by atoms with Crippen molar-refractivity contribution < 1.29 is 12.8 Å². The van der Waals surface area contributed by atoms with Gasteiger partial charge in [-0.2, -0.15) is 0 Å². The molecule has 0 heterocycles. The summed E-state index contributed by atoms with van der Waals surface area (Å²) < 4.78 is 41.2. The van der Waals surface area contributed by atoms with E-state index >= 15 is 0 Å². The molecule has 2 aromatic rings. The van der Waals surface area contributed by atoms with Crippen molar-refractivity contribution in [3.05, 3.63) is 51.2 Å². The van der Waals surface area contributed by atoms with Crippen LogP contribution in [0, 0.1) is 5.82 Å². The van der Waals surface area contributed by atoms with E-state index in [1.807, 2.05) is 0 Å².